The molecular formula is C13H16INO3S. The SMILES string of the molecule is COCCOc1ccc2ccc([SH](N)(=O)I)cc2c1. The minimum atomic E-state index is -2.75. The minimum Gasteiger partial charge on any atom is -0.491 e. The molecule has 4 nitrogen and oxygen atoms in total. The molecule has 0 bridgehead atoms. The van der Waals surface area contributed by atoms with Gasteiger partial charge in [-0.3, -0.25) is 9.35 Å². The molecule has 2 aromatic carbocycles. The third-order valence-electron chi connectivity index (χ3n) is 2.70. The topological polar surface area (TPSA) is 61.6 Å². The fraction of sp³-hybridized carbons (Fsp3) is 0.231. The normalized spacial score (nSPS) is 12.6. The van der Waals surface area contributed by atoms with E-state index in [2.05, 4.69) is 0 Å². The van der Waals surface area contributed by atoms with Crippen molar-refractivity contribution in [2.75, 3.05) is 20.3 Å². The first kappa shape index (κ1) is 14.7. The van der Waals surface area contributed by atoms with Crippen LogP contribution in [0.3, 0.4) is 0 Å². The standard InChI is InChI=1S/C13H16INO3S/c1-17-6-7-18-12-4-2-10-3-5-13(19(14,15)16)9-11(10)8-12/h2-5,8-9,19H,6-7H2,1H3,(H2,15,16). The lowest BCUT2D eigenvalue weighted by molar-refractivity contribution is 0.146. The molecule has 2 aromatic rings. The maximum Gasteiger partial charge on any atom is 0.120 e. The van der Waals surface area contributed by atoms with Gasteiger partial charge in [-0.05, 0) is 35.0 Å². The Balaban J connectivity index is 2.32. The summed E-state index contributed by atoms with van der Waals surface area (Å²) in [4.78, 5) is 0.662. The van der Waals surface area contributed by atoms with Crippen LogP contribution in [0.4, 0.5) is 0 Å². The van der Waals surface area contributed by atoms with Crippen molar-refractivity contribution in [1.29, 1.82) is 0 Å². The molecule has 0 saturated carbocycles. The van der Waals surface area contributed by atoms with E-state index in [4.69, 9.17) is 14.6 Å². The summed E-state index contributed by atoms with van der Waals surface area (Å²) >= 11 is 1.80. The molecule has 104 valence electrons. The van der Waals surface area contributed by atoms with Crippen molar-refractivity contribution in [3.8, 4) is 5.75 Å². The Bertz CT molecular complexity index is 626. The number of benzene rings is 2. The van der Waals surface area contributed by atoms with Crippen LogP contribution in [-0.2, 0) is 12.0 Å². The first-order valence-corrected chi connectivity index (χ1v) is 10.3. The molecular weight excluding hydrogens is 377 g/mol. The molecule has 0 heterocycles. The van der Waals surface area contributed by atoms with Crippen molar-refractivity contribution >= 4 is 39.3 Å². The van der Waals surface area contributed by atoms with E-state index in [-0.39, 0.29) is 0 Å². The number of fused-ring (bicyclic) bond motifs is 1. The largest absolute Gasteiger partial charge is 0.491 e. The maximum absolute atomic E-state index is 11.9. The highest BCUT2D eigenvalue weighted by Gasteiger charge is 2.08. The van der Waals surface area contributed by atoms with Crippen molar-refractivity contribution < 1.29 is 13.7 Å². The summed E-state index contributed by atoms with van der Waals surface area (Å²) in [6, 6.07) is 11.4. The number of methoxy groups -OCH3 is 1. The Labute approximate surface area is 125 Å². The maximum atomic E-state index is 11.9. The van der Waals surface area contributed by atoms with Gasteiger partial charge < -0.3 is 9.47 Å². The summed E-state index contributed by atoms with van der Waals surface area (Å²) in [7, 11) is -1.12. The van der Waals surface area contributed by atoms with Gasteiger partial charge in [-0.1, -0.05) is 12.1 Å². The average molecular weight is 393 g/mol. The highest BCUT2D eigenvalue weighted by molar-refractivity contribution is 14.2. The molecule has 0 aromatic heterocycles. The van der Waals surface area contributed by atoms with Gasteiger partial charge in [0.2, 0.25) is 0 Å². The lowest BCUT2D eigenvalue weighted by Gasteiger charge is -2.12. The highest BCUT2D eigenvalue weighted by atomic mass is 127. The van der Waals surface area contributed by atoms with Gasteiger partial charge in [0.05, 0.1) is 6.61 Å². The molecule has 0 aliphatic rings. The van der Waals surface area contributed by atoms with Crippen LogP contribution in [0.15, 0.2) is 41.3 Å². The first-order chi connectivity index (χ1) is 9.00. The van der Waals surface area contributed by atoms with E-state index >= 15 is 0 Å². The van der Waals surface area contributed by atoms with Crippen molar-refractivity contribution in [1.82, 2.24) is 0 Å². The van der Waals surface area contributed by atoms with E-state index in [9.17, 15) is 4.21 Å². The third kappa shape index (κ3) is 3.88. The van der Waals surface area contributed by atoms with Crippen LogP contribution < -0.4 is 9.88 Å². The number of rotatable bonds is 5. The van der Waals surface area contributed by atoms with Gasteiger partial charge >= 0.3 is 0 Å². The second-order valence-corrected chi connectivity index (χ2v) is 10.1. The molecule has 6 heteroatoms. The minimum absolute atomic E-state index is 0.503. The van der Waals surface area contributed by atoms with Crippen LogP contribution in [0.25, 0.3) is 10.8 Å². The van der Waals surface area contributed by atoms with Crippen molar-refractivity contribution in [3.05, 3.63) is 36.4 Å². The van der Waals surface area contributed by atoms with E-state index in [1.165, 1.54) is 0 Å². The summed E-state index contributed by atoms with van der Waals surface area (Å²) in [5.74, 6) is 0.766. The van der Waals surface area contributed by atoms with Gasteiger partial charge in [0.25, 0.3) is 0 Å². The predicted octanol–water partition coefficient (Wildman–Crippen LogP) is 2.46. The smallest absolute Gasteiger partial charge is 0.120 e. The van der Waals surface area contributed by atoms with Crippen LogP contribution in [-0.4, -0.2) is 24.5 Å². The van der Waals surface area contributed by atoms with Gasteiger partial charge in [0.1, 0.15) is 12.4 Å². The number of ether oxygens (including phenoxy) is 2. The molecule has 0 aliphatic heterocycles. The fourth-order valence-electron chi connectivity index (χ4n) is 1.73. The van der Waals surface area contributed by atoms with Crippen LogP contribution in [0.1, 0.15) is 0 Å². The molecule has 0 radical (unpaired) electrons. The molecule has 2 N–H and O–H groups in total. The first-order valence-electron chi connectivity index (χ1n) is 5.75. The van der Waals surface area contributed by atoms with E-state index in [1.54, 1.807) is 34.4 Å². The number of hydrogen-bond acceptors (Lipinski definition) is 3. The third-order valence-corrected chi connectivity index (χ3v) is 5.36. The summed E-state index contributed by atoms with van der Waals surface area (Å²) in [5, 5.41) is 7.71. The molecule has 0 spiro atoms. The number of thiol groups is 1. The number of nitrogens with two attached hydrogens (primary N) is 1. The number of hydrogen-bond donors (Lipinski definition) is 2. The molecule has 0 fully saturated rings. The molecule has 0 saturated heterocycles. The summed E-state index contributed by atoms with van der Waals surface area (Å²) in [6.45, 7) is 1.05. The Morgan fingerprint density at radius 1 is 1.16 bits per heavy atom. The van der Waals surface area contributed by atoms with E-state index in [0.717, 1.165) is 16.5 Å². The second kappa shape index (κ2) is 6.17. The zero-order chi connectivity index (χ0) is 13.9. The summed E-state index contributed by atoms with van der Waals surface area (Å²) in [6.07, 6.45) is 0. The Hall–Kier alpha value is -0.700. The van der Waals surface area contributed by atoms with Crippen LogP contribution in [0, 0.1) is 0 Å². The second-order valence-electron chi connectivity index (χ2n) is 4.11. The van der Waals surface area contributed by atoms with Crippen LogP contribution in [0.2, 0.25) is 0 Å². The van der Waals surface area contributed by atoms with Crippen molar-refractivity contribution in [3.63, 3.8) is 0 Å². The molecule has 0 aliphatic carbocycles. The fourth-order valence-corrected chi connectivity index (χ4v) is 3.23. The molecule has 2 rings (SSSR count). The van der Waals surface area contributed by atoms with Gasteiger partial charge in [-0.2, -0.15) is 0 Å². The van der Waals surface area contributed by atoms with Gasteiger partial charge in [0.15, 0.2) is 0 Å². The zero-order valence-corrected chi connectivity index (χ0v) is 13.6. The summed E-state index contributed by atoms with van der Waals surface area (Å²) < 4.78 is 22.4. The van der Waals surface area contributed by atoms with Crippen molar-refractivity contribution in [2.45, 2.75) is 4.90 Å². The lowest BCUT2D eigenvalue weighted by atomic mass is 10.1. The Morgan fingerprint density at radius 3 is 2.58 bits per heavy atom. The summed E-state index contributed by atoms with van der Waals surface area (Å²) in [5.41, 5.74) is 0. The van der Waals surface area contributed by atoms with Gasteiger partial charge in [-0.15, -0.1) is 0 Å². The Kier molecular flexibility index (Phi) is 4.77. The lowest BCUT2D eigenvalue weighted by Crippen LogP contribution is -2.13. The van der Waals surface area contributed by atoms with E-state index in [1.807, 2.05) is 30.3 Å². The molecule has 0 amide bonds. The monoisotopic (exact) mass is 393 g/mol. The predicted molar refractivity (Wildman–Crippen MR) is 87.3 cm³/mol. The van der Waals surface area contributed by atoms with Gasteiger partial charge in [0, 0.05) is 40.5 Å². The average Bonchev–Trinajstić information content (AvgIpc) is 2.37. The quantitative estimate of drug-likeness (QED) is 0.355. The molecule has 0 unspecified atom stereocenters. The van der Waals surface area contributed by atoms with Crippen LogP contribution >= 0.6 is 21.2 Å². The molecule has 19 heavy (non-hydrogen) atoms. The number of halogens is 1. The highest BCUT2D eigenvalue weighted by Crippen LogP contribution is 2.27. The Morgan fingerprint density at radius 2 is 1.89 bits per heavy atom. The van der Waals surface area contributed by atoms with Crippen molar-refractivity contribution in [2.24, 2.45) is 5.14 Å². The van der Waals surface area contributed by atoms with E-state index < -0.39 is 7.29 Å². The van der Waals surface area contributed by atoms with Gasteiger partial charge in [-0.25, -0.2) is 0 Å². The van der Waals surface area contributed by atoms with Crippen LogP contribution in [0.5, 0.6) is 5.75 Å². The van der Waals surface area contributed by atoms with E-state index in [0.29, 0.717) is 18.1 Å². The zero-order valence-electron chi connectivity index (χ0n) is 10.5. The molecule has 0 atom stereocenters.